The number of ether oxygens (including phenoxy) is 2. The minimum Gasteiger partial charge on any atom is -0.359 e. The summed E-state index contributed by atoms with van der Waals surface area (Å²) < 4.78 is 79.3. The van der Waals surface area contributed by atoms with Crippen molar-refractivity contribution >= 4 is 23.5 Å². The monoisotopic (exact) mass is 584 g/mol. The van der Waals surface area contributed by atoms with E-state index in [1.165, 1.54) is 14.2 Å². The summed E-state index contributed by atoms with van der Waals surface area (Å²) >= 11 is 0. The van der Waals surface area contributed by atoms with Crippen molar-refractivity contribution in [2.24, 2.45) is 17.3 Å². The van der Waals surface area contributed by atoms with E-state index < -0.39 is 84.6 Å². The number of likely N-dealkylation sites (N-methyl/N-ethyl adjacent to an activating group) is 1. The first-order chi connectivity index (χ1) is 18.7. The Morgan fingerprint density at radius 2 is 1.77 bits per heavy atom. The number of fused-ring (bicyclic) bond motifs is 1. The second-order valence-electron chi connectivity index (χ2n) is 10.9. The van der Waals surface area contributed by atoms with Crippen molar-refractivity contribution in [3.63, 3.8) is 0 Å². The fraction of sp³-hybridized carbons (Fsp3) is 0.840. The number of Topliss-reactive ketones (excluding diaryl/α,β-unsaturated/α-hetero) is 1. The molecule has 1 saturated heterocycles. The number of halogens is 5. The van der Waals surface area contributed by atoms with Crippen LogP contribution >= 0.6 is 0 Å². The molecule has 3 rings (SSSR count). The molecule has 2 aliphatic carbocycles. The molecule has 1 aliphatic heterocycles. The van der Waals surface area contributed by atoms with Gasteiger partial charge in [0.1, 0.15) is 25.6 Å². The van der Waals surface area contributed by atoms with Crippen LogP contribution in [0.15, 0.2) is 0 Å². The molecular formula is C25H37F5N4O6. The van der Waals surface area contributed by atoms with Crippen molar-refractivity contribution in [3.8, 4) is 0 Å². The highest BCUT2D eigenvalue weighted by Crippen LogP contribution is 2.60. The smallest absolute Gasteiger partial charge is 0.359 e. The Kier molecular flexibility index (Phi) is 10.2. The van der Waals surface area contributed by atoms with Crippen molar-refractivity contribution in [2.45, 2.75) is 82.1 Å². The molecule has 1 unspecified atom stereocenters. The number of amides is 3. The fourth-order valence-electron chi connectivity index (χ4n) is 5.90. The summed E-state index contributed by atoms with van der Waals surface area (Å²) in [5, 5.41) is 7.02. The van der Waals surface area contributed by atoms with Crippen LogP contribution in [-0.4, -0.2) is 92.9 Å². The van der Waals surface area contributed by atoms with Crippen molar-refractivity contribution in [1.29, 1.82) is 0 Å². The number of hydrogen-bond donors (Lipinski definition) is 3. The summed E-state index contributed by atoms with van der Waals surface area (Å²) in [6, 6.07) is -4.56. The fourth-order valence-corrected chi connectivity index (χ4v) is 5.90. The normalized spacial score (nSPS) is 25.2. The van der Waals surface area contributed by atoms with Gasteiger partial charge in [-0.05, 0) is 50.9 Å². The summed E-state index contributed by atoms with van der Waals surface area (Å²) in [5.41, 5.74) is -2.33. The van der Waals surface area contributed by atoms with Gasteiger partial charge in [0.2, 0.25) is 23.5 Å². The number of methoxy groups -OCH3 is 1. The maximum absolute atomic E-state index is 14.1. The zero-order chi connectivity index (χ0) is 29.9. The first-order valence-corrected chi connectivity index (χ1v) is 13.3. The largest absolute Gasteiger partial charge is 0.396 e. The van der Waals surface area contributed by atoms with Gasteiger partial charge in [0.05, 0.1) is 11.5 Å². The molecule has 2 saturated carbocycles. The third-order valence-electron chi connectivity index (χ3n) is 8.14. The molecule has 3 amide bonds. The number of nitrogens with zero attached hydrogens (tertiary/aromatic N) is 1. The molecule has 10 nitrogen and oxygen atoms in total. The van der Waals surface area contributed by atoms with Gasteiger partial charge in [-0.15, -0.1) is 0 Å². The molecule has 0 aromatic heterocycles. The van der Waals surface area contributed by atoms with E-state index >= 15 is 0 Å². The maximum atomic E-state index is 14.1. The molecule has 0 aromatic rings. The minimum absolute atomic E-state index is 0.0354. The van der Waals surface area contributed by atoms with E-state index in [9.17, 15) is 41.1 Å². The van der Waals surface area contributed by atoms with Crippen molar-refractivity contribution < 1.29 is 50.6 Å². The van der Waals surface area contributed by atoms with Crippen LogP contribution in [0.1, 0.15) is 51.9 Å². The predicted octanol–water partition coefficient (Wildman–Crippen LogP) is 1.73. The SMILES string of the molecule is CNC(=O)C(=O)[C@H](CCC(C)(F)F)NC(=O)[C@@H]1[C@H]2CCC[C@H]2CN1C(=O)C(NCOCOC)C1(C(F)(F)F)CC1. The van der Waals surface area contributed by atoms with E-state index in [2.05, 4.69) is 16.0 Å². The highest BCUT2D eigenvalue weighted by Gasteiger charge is 2.70. The van der Waals surface area contributed by atoms with Gasteiger partial charge in [-0.25, -0.2) is 8.78 Å². The lowest BCUT2D eigenvalue weighted by Gasteiger charge is -2.35. The second-order valence-corrected chi connectivity index (χ2v) is 10.9. The van der Waals surface area contributed by atoms with Crippen molar-refractivity contribution in [2.75, 3.05) is 34.2 Å². The van der Waals surface area contributed by atoms with Crippen LogP contribution < -0.4 is 16.0 Å². The third kappa shape index (κ3) is 7.08. The summed E-state index contributed by atoms with van der Waals surface area (Å²) in [6.07, 6.45) is -4.71. The van der Waals surface area contributed by atoms with Crippen LogP contribution in [0.2, 0.25) is 0 Å². The average molecular weight is 585 g/mol. The first kappa shape index (κ1) is 32.1. The molecule has 3 N–H and O–H groups in total. The maximum Gasteiger partial charge on any atom is 0.396 e. The Hall–Kier alpha value is -2.39. The number of hydrogen-bond acceptors (Lipinski definition) is 7. The van der Waals surface area contributed by atoms with Gasteiger partial charge in [-0.1, -0.05) is 6.42 Å². The molecule has 0 aromatic carbocycles. The zero-order valence-electron chi connectivity index (χ0n) is 22.7. The average Bonchev–Trinajstić information content (AvgIpc) is 3.43. The Morgan fingerprint density at radius 3 is 2.33 bits per heavy atom. The van der Waals surface area contributed by atoms with E-state index in [0.29, 0.717) is 19.8 Å². The lowest BCUT2D eigenvalue weighted by molar-refractivity contribution is -0.201. The van der Waals surface area contributed by atoms with Gasteiger partial charge in [-0.2, -0.15) is 13.2 Å². The van der Waals surface area contributed by atoms with Gasteiger partial charge >= 0.3 is 6.18 Å². The van der Waals surface area contributed by atoms with E-state index in [1.807, 2.05) is 0 Å². The molecule has 3 aliphatic rings. The summed E-state index contributed by atoms with van der Waals surface area (Å²) in [7, 11) is 2.50. The molecule has 40 heavy (non-hydrogen) atoms. The number of alkyl halides is 5. The van der Waals surface area contributed by atoms with Gasteiger partial charge < -0.3 is 25.0 Å². The number of rotatable bonds is 14. The number of likely N-dealkylation sites (tertiary alicyclic amines) is 1. The quantitative estimate of drug-likeness (QED) is 0.123. The number of carbonyl (C=O) groups excluding carboxylic acids is 4. The minimum atomic E-state index is -4.70. The van der Waals surface area contributed by atoms with Crippen LogP contribution in [0, 0.1) is 17.3 Å². The number of nitrogens with one attached hydrogen (secondary N) is 3. The van der Waals surface area contributed by atoms with E-state index in [0.717, 1.165) is 11.3 Å². The highest BCUT2D eigenvalue weighted by atomic mass is 19.4. The Bertz CT molecular complexity index is 955. The van der Waals surface area contributed by atoms with Gasteiger partial charge in [0.25, 0.3) is 5.91 Å². The molecule has 0 bridgehead atoms. The van der Waals surface area contributed by atoms with Crippen LogP contribution in [0.5, 0.6) is 0 Å². The van der Waals surface area contributed by atoms with Gasteiger partial charge in [0, 0.05) is 27.1 Å². The zero-order valence-corrected chi connectivity index (χ0v) is 22.7. The lowest BCUT2D eigenvalue weighted by atomic mass is 9.91. The highest BCUT2D eigenvalue weighted by molar-refractivity contribution is 6.38. The topological polar surface area (TPSA) is 126 Å². The first-order valence-electron chi connectivity index (χ1n) is 13.3. The standard InChI is InChI=1S/C25H37F5N4O6/c1-23(26,27)8-7-16(18(35)21(37)31-2)33-20(36)17-15-6-4-5-14(15)11-34(17)22(38)19(32-12-40-13-39-3)24(9-10-24)25(28,29)30/h14-17,19,32H,4-13H2,1-3H3,(H,31,37)(H,33,36)/t14-,15-,16-,17-,19?/m0/s1. The molecule has 5 atom stereocenters. The summed E-state index contributed by atoms with van der Waals surface area (Å²) in [4.78, 5) is 53.1. The van der Waals surface area contributed by atoms with Crippen molar-refractivity contribution in [3.05, 3.63) is 0 Å². The molecule has 1 heterocycles. The van der Waals surface area contributed by atoms with Crippen molar-refractivity contribution in [1.82, 2.24) is 20.9 Å². The Labute approximate surface area is 229 Å². The molecule has 0 radical (unpaired) electrons. The second kappa shape index (κ2) is 12.6. The Morgan fingerprint density at radius 1 is 1.10 bits per heavy atom. The van der Waals surface area contributed by atoms with E-state index in [-0.39, 0.29) is 32.1 Å². The van der Waals surface area contributed by atoms with Crippen LogP contribution in [-0.2, 0) is 28.7 Å². The predicted molar refractivity (Wildman–Crippen MR) is 130 cm³/mol. The van der Waals surface area contributed by atoms with E-state index in [1.54, 1.807) is 0 Å². The number of carbonyl (C=O) groups is 4. The lowest BCUT2D eigenvalue weighted by Crippen LogP contribution is -2.60. The molecular weight excluding hydrogens is 547 g/mol. The number of ketones is 1. The summed E-state index contributed by atoms with van der Waals surface area (Å²) in [5.74, 6) is -7.75. The van der Waals surface area contributed by atoms with E-state index in [4.69, 9.17) is 9.47 Å². The molecule has 0 spiro atoms. The third-order valence-corrected chi connectivity index (χ3v) is 8.14. The summed E-state index contributed by atoms with van der Waals surface area (Å²) in [6.45, 7) is 0.0409. The van der Waals surface area contributed by atoms with Crippen LogP contribution in [0.25, 0.3) is 0 Å². The molecule has 3 fully saturated rings. The van der Waals surface area contributed by atoms with Gasteiger partial charge in [0.15, 0.2) is 0 Å². The van der Waals surface area contributed by atoms with Gasteiger partial charge in [-0.3, -0.25) is 24.5 Å². The molecule has 15 heteroatoms. The Balaban J connectivity index is 1.87. The van der Waals surface area contributed by atoms with Crippen LogP contribution in [0.3, 0.4) is 0 Å². The molecule has 228 valence electrons. The van der Waals surface area contributed by atoms with Crippen LogP contribution in [0.4, 0.5) is 22.0 Å².